The van der Waals surface area contributed by atoms with Gasteiger partial charge in [0.2, 0.25) is 0 Å². The van der Waals surface area contributed by atoms with E-state index >= 15 is 0 Å². The van der Waals surface area contributed by atoms with Crippen molar-refractivity contribution in [3.63, 3.8) is 0 Å². The van der Waals surface area contributed by atoms with Gasteiger partial charge < -0.3 is 5.11 Å². The smallest absolute Gasteiger partial charge is 0.141 e. The van der Waals surface area contributed by atoms with Gasteiger partial charge in [0.25, 0.3) is 0 Å². The largest absolute Gasteiger partial charge is 0.392 e. The zero-order valence-electron chi connectivity index (χ0n) is 15.2. The van der Waals surface area contributed by atoms with Crippen molar-refractivity contribution in [3.05, 3.63) is 11.6 Å². The van der Waals surface area contributed by atoms with Crippen LogP contribution in [0.4, 0.5) is 0 Å². The molecule has 5 rings (SSSR count). The zero-order chi connectivity index (χ0) is 17.2. The molecular weight excluding hydrogens is 348 g/mol. The molecule has 4 aliphatic carbocycles. The summed E-state index contributed by atoms with van der Waals surface area (Å²) in [5, 5.41) is 10.8. The molecule has 0 aromatic carbocycles. The highest BCUT2D eigenvalue weighted by Crippen LogP contribution is 2.64. The molecule has 138 valence electrons. The summed E-state index contributed by atoms with van der Waals surface area (Å²) in [6.45, 7) is 2.18. The van der Waals surface area contributed by atoms with Crippen molar-refractivity contribution >= 4 is 27.4 Å². The Kier molecular flexibility index (Phi) is 4.15. The van der Waals surface area contributed by atoms with Crippen LogP contribution in [-0.4, -0.2) is 27.5 Å². The van der Waals surface area contributed by atoms with Crippen molar-refractivity contribution in [2.24, 2.45) is 29.1 Å². The Balaban J connectivity index is 1.45. The number of carbonyl (C=O) groups is 1. The molecule has 7 atom stereocenters. The van der Waals surface area contributed by atoms with E-state index < -0.39 is 0 Å². The zero-order valence-corrected chi connectivity index (χ0v) is 16.8. The van der Waals surface area contributed by atoms with Gasteiger partial charge in [-0.2, -0.15) is 0 Å². The van der Waals surface area contributed by atoms with Gasteiger partial charge in [-0.25, -0.2) is 0 Å². The summed E-state index contributed by atoms with van der Waals surface area (Å²) in [6, 6.07) is 0. The Hall–Kier alpha value is 0.0700. The third-order valence-corrected chi connectivity index (χ3v) is 11.7. The standard InChI is InChI=1S/C21H30O2S2/c1-2-21-8-6-15-14-5-7-20(9-10-24-25-20)12-13(14)3-4-16(15)19(21)17(22)11-18(21)23/h12,14-17,19,22H,2-11H2,1H3/t14-,15+,16+,17?,19+,20?,21+/m0/s1. The van der Waals surface area contributed by atoms with E-state index in [4.69, 9.17) is 0 Å². The van der Waals surface area contributed by atoms with Crippen molar-refractivity contribution in [1.82, 2.24) is 0 Å². The lowest BCUT2D eigenvalue weighted by atomic mass is 9.50. The highest BCUT2D eigenvalue weighted by molar-refractivity contribution is 8.77. The lowest BCUT2D eigenvalue weighted by molar-refractivity contribution is -0.134. The quantitative estimate of drug-likeness (QED) is 0.514. The van der Waals surface area contributed by atoms with E-state index in [0.29, 0.717) is 22.9 Å². The van der Waals surface area contributed by atoms with E-state index in [1.807, 2.05) is 0 Å². The summed E-state index contributed by atoms with van der Waals surface area (Å²) in [7, 11) is 4.18. The van der Waals surface area contributed by atoms with E-state index in [-0.39, 0.29) is 17.4 Å². The molecule has 1 N–H and O–H groups in total. The lowest BCUT2D eigenvalue weighted by Crippen LogP contribution is -2.50. The SMILES string of the molecule is CC[C@]12CC[C@H]3[C@@H](CCC4=CC5(CCSS5)CC[C@@H]43)[C@@H]1C(O)CC2=O. The monoisotopic (exact) mass is 378 g/mol. The molecule has 0 aromatic rings. The Bertz CT molecular complexity index is 609. The summed E-state index contributed by atoms with van der Waals surface area (Å²) in [5.74, 6) is 3.97. The van der Waals surface area contributed by atoms with Crippen LogP contribution in [-0.2, 0) is 4.79 Å². The minimum absolute atomic E-state index is 0.185. The third-order valence-electron chi connectivity index (χ3n) is 8.49. The second-order valence-corrected chi connectivity index (χ2v) is 12.1. The van der Waals surface area contributed by atoms with E-state index in [2.05, 4.69) is 34.6 Å². The van der Waals surface area contributed by atoms with E-state index in [1.54, 1.807) is 5.57 Å². The summed E-state index contributed by atoms with van der Waals surface area (Å²) in [4.78, 5) is 12.7. The first-order valence-corrected chi connectivity index (χ1v) is 12.6. The van der Waals surface area contributed by atoms with Crippen LogP contribution in [0.3, 0.4) is 0 Å². The molecule has 4 heteroatoms. The van der Waals surface area contributed by atoms with Crippen LogP contribution in [0, 0.1) is 29.1 Å². The van der Waals surface area contributed by atoms with Crippen LogP contribution in [0.5, 0.6) is 0 Å². The molecule has 0 bridgehead atoms. The first-order valence-electron chi connectivity index (χ1n) is 10.3. The molecule has 1 spiro atoms. The number of aliphatic hydroxyl groups is 1. The predicted octanol–water partition coefficient (Wildman–Crippen LogP) is 5.01. The van der Waals surface area contributed by atoms with Gasteiger partial charge in [0, 0.05) is 28.3 Å². The molecule has 5 aliphatic rings. The number of aliphatic hydroxyl groups excluding tert-OH is 1. The molecule has 1 saturated heterocycles. The van der Waals surface area contributed by atoms with Gasteiger partial charge in [0.15, 0.2) is 0 Å². The van der Waals surface area contributed by atoms with Crippen LogP contribution in [0.1, 0.15) is 64.7 Å². The van der Waals surface area contributed by atoms with Gasteiger partial charge in [-0.3, -0.25) is 4.79 Å². The number of Topliss-reactive ketones (excluding diaryl/α,β-unsaturated/α-hetero) is 1. The first kappa shape index (κ1) is 17.2. The maximum Gasteiger partial charge on any atom is 0.141 e. The van der Waals surface area contributed by atoms with Gasteiger partial charge in [0.1, 0.15) is 5.78 Å². The van der Waals surface area contributed by atoms with Gasteiger partial charge in [0.05, 0.1) is 6.10 Å². The Morgan fingerprint density at radius 2 is 2.08 bits per heavy atom. The summed E-state index contributed by atoms with van der Waals surface area (Å²) in [5.41, 5.74) is 1.56. The van der Waals surface area contributed by atoms with E-state index in [1.165, 1.54) is 44.3 Å². The average Bonchev–Trinajstić information content (AvgIpc) is 3.17. The maximum atomic E-state index is 12.7. The highest BCUT2D eigenvalue weighted by Gasteiger charge is 2.61. The summed E-state index contributed by atoms with van der Waals surface area (Å²) in [6.07, 6.45) is 12.4. The van der Waals surface area contributed by atoms with Gasteiger partial charge in [-0.05, 0) is 69.1 Å². The third kappa shape index (κ3) is 2.39. The Morgan fingerprint density at radius 1 is 1.20 bits per heavy atom. The minimum atomic E-state index is -0.373. The van der Waals surface area contributed by atoms with Crippen molar-refractivity contribution < 1.29 is 9.90 Å². The van der Waals surface area contributed by atoms with Gasteiger partial charge in [-0.1, -0.05) is 40.2 Å². The second kappa shape index (κ2) is 6.04. The van der Waals surface area contributed by atoms with Crippen molar-refractivity contribution in [2.75, 3.05) is 5.75 Å². The molecule has 2 unspecified atom stereocenters. The molecule has 2 nitrogen and oxygen atoms in total. The van der Waals surface area contributed by atoms with E-state index in [0.717, 1.165) is 24.7 Å². The van der Waals surface area contributed by atoms with Crippen molar-refractivity contribution in [1.29, 1.82) is 0 Å². The predicted molar refractivity (Wildman–Crippen MR) is 105 cm³/mol. The van der Waals surface area contributed by atoms with Crippen LogP contribution < -0.4 is 0 Å². The van der Waals surface area contributed by atoms with Crippen molar-refractivity contribution in [2.45, 2.75) is 75.6 Å². The Labute approximate surface area is 159 Å². The van der Waals surface area contributed by atoms with Crippen molar-refractivity contribution in [3.8, 4) is 0 Å². The average molecular weight is 379 g/mol. The number of hydrogen-bond donors (Lipinski definition) is 1. The second-order valence-electron chi connectivity index (χ2n) is 9.22. The number of rotatable bonds is 1. The first-order chi connectivity index (χ1) is 12.1. The molecular formula is C21H30O2S2. The number of allylic oxidation sites excluding steroid dienone is 1. The molecule has 0 aromatic heterocycles. The molecule has 3 saturated carbocycles. The topological polar surface area (TPSA) is 37.3 Å². The highest BCUT2D eigenvalue weighted by atomic mass is 33.1. The van der Waals surface area contributed by atoms with Crippen LogP contribution >= 0.6 is 21.6 Å². The number of hydrogen-bond acceptors (Lipinski definition) is 4. The lowest BCUT2D eigenvalue weighted by Gasteiger charge is -2.54. The molecule has 0 amide bonds. The maximum absolute atomic E-state index is 12.7. The Morgan fingerprint density at radius 3 is 2.84 bits per heavy atom. The molecule has 0 radical (unpaired) electrons. The fourth-order valence-corrected chi connectivity index (χ4v) is 10.7. The summed E-state index contributed by atoms with van der Waals surface area (Å²) >= 11 is 0. The van der Waals surface area contributed by atoms with Crippen LogP contribution in [0.25, 0.3) is 0 Å². The normalized spacial score (nSPS) is 51.8. The fourth-order valence-electron chi connectivity index (χ4n) is 7.34. The molecule has 4 fully saturated rings. The molecule has 25 heavy (non-hydrogen) atoms. The number of fused-ring (bicyclic) bond motifs is 5. The molecule has 1 heterocycles. The van der Waals surface area contributed by atoms with Crippen LogP contribution in [0.2, 0.25) is 0 Å². The van der Waals surface area contributed by atoms with Crippen LogP contribution in [0.15, 0.2) is 11.6 Å². The summed E-state index contributed by atoms with van der Waals surface area (Å²) < 4.78 is 0.439. The number of ketones is 1. The fraction of sp³-hybridized carbons (Fsp3) is 0.857. The number of carbonyl (C=O) groups excluding carboxylic acids is 1. The van der Waals surface area contributed by atoms with Gasteiger partial charge in [-0.15, -0.1) is 0 Å². The minimum Gasteiger partial charge on any atom is -0.392 e. The van der Waals surface area contributed by atoms with E-state index in [9.17, 15) is 9.90 Å². The van der Waals surface area contributed by atoms with Gasteiger partial charge >= 0.3 is 0 Å². The molecule has 1 aliphatic heterocycles.